The van der Waals surface area contributed by atoms with Crippen LogP contribution in [0.25, 0.3) is 0 Å². The van der Waals surface area contributed by atoms with Gasteiger partial charge in [0.2, 0.25) is 0 Å². The number of nitrogens with two attached hydrogens (primary N) is 1. The molecule has 3 aromatic rings. The number of nitrogens with one attached hydrogen (secondary N) is 1. The van der Waals surface area contributed by atoms with E-state index in [9.17, 15) is 4.79 Å². The summed E-state index contributed by atoms with van der Waals surface area (Å²) in [6.45, 7) is 2.55. The van der Waals surface area contributed by atoms with E-state index in [-0.39, 0.29) is 11.6 Å². The molecule has 0 fully saturated rings. The van der Waals surface area contributed by atoms with Crippen molar-refractivity contribution in [2.24, 2.45) is 10.7 Å². The van der Waals surface area contributed by atoms with Gasteiger partial charge in [-0.25, -0.2) is 4.98 Å². The number of hydrogen-bond donors (Lipinski definition) is 2. The molecule has 0 spiro atoms. The molecule has 2 aromatic heterocycles. The lowest BCUT2D eigenvalue weighted by Crippen LogP contribution is -2.37. The van der Waals surface area contributed by atoms with Gasteiger partial charge in [0, 0.05) is 18.1 Å². The predicted octanol–water partition coefficient (Wildman–Crippen LogP) is 2.82. The smallest absolute Gasteiger partial charge is 0.274 e. The number of carbonyl (C=O) groups is 1. The maximum Gasteiger partial charge on any atom is 0.274 e. The van der Waals surface area contributed by atoms with Gasteiger partial charge in [0.15, 0.2) is 0 Å². The molecule has 1 unspecified atom stereocenters. The van der Waals surface area contributed by atoms with E-state index in [1.807, 2.05) is 41.9 Å². The lowest BCUT2D eigenvalue weighted by Gasteiger charge is -2.31. The van der Waals surface area contributed by atoms with Crippen LogP contribution in [0.1, 0.15) is 28.7 Å². The van der Waals surface area contributed by atoms with E-state index >= 15 is 0 Å². The van der Waals surface area contributed by atoms with Gasteiger partial charge in [0.25, 0.3) is 5.91 Å². The highest BCUT2D eigenvalue weighted by molar-refractivity contribution is 6.30. The summed E-state index contributed by atoms with van der Waals surface area (Å²) in [7, 11) is 0. The zero-order valence-electron chi connectivity index (χ0n) is 14.6. The second kappa shape index (κ2) is 6.51. The number of aromatic nitrogens is 3. The van der Waals surface area contributed by atoms with Crippen LogP contribution in [0.4, 0.5) is 5.69 Å². The zero-order valence-corrected chi connectivity index (χ0v) is 15.3. The number of benzene rings is 1. The normalized spacial score (nSPS) is 18.5. The summed E-state index contributed by atoms with van der Waals surface area (Å²) < 4.78 is 1.84. The Labute approximate surface area is 160 Å². The van der Waals surface area contributed by atoms with Crippen LogP contribution >= 0.6 is 11.6 Å². The minimum Gasteiger partial charge on any atom is -0.382 e. The van der Waals surface area contributed by atoms with Gasteiger partial charge < -0.3 is 11.1 Å². The van der Waals surface area contributed by atoms with E-state index in [1.165, 1.54) is 6.20 Å². The number of fused-ring (bicyclic) bond motifs is 1. The van der Waals surface area contributed by atoms with Crippen LogP contribution in [0.3, 0.4) is 0 Å². The van der Waals surface area contributed by atoms with Crippen molar-refractivity contribution in [1.82, 2.24) is 14.8 Å². The number of rotatable bonds is 3. The third-order valence-corrected chi connectivity index (χ3v) is 4.73. The van der Waals surface area contributed by atoms with Gasteiger partial charge in [-0.3, -0.25) is 14.5 Å². The highest BCUT2D eigenvalue weighted by Crippen LogP contribution is 2.32. The molecule has 3 N–H and O–H groups in total. The van der Waals surface area contributed by atoms with Gasteiger partial charge in [-0.15, -0.1) is 0 Å². The molecule has 1 aromatic carbocycles. The van der Waals surface area contributed by atoms with Gasteiger partial charge >= 0.3 is 0 Å². The van der Waals surface area contributed by atoms with E-state index in [4.69, 9.17) is 17.3 Å². The SMILES string of the molecule is CC1(c2cccc(NC(=O)c3ccc(Cl)cn3)c2)Cn2nccc2C(N)=N1. The van der Waals surface area contributed by atoms with E-state index in [0.717, 1.165) is 11.3 Å². The molecular weight excluding hydrogens is 364 g/mol. The number of anilines is 1. The lowest BCUT2D eigenvalue weighted by atomic mass is 9.91. The Morgan fingerprint density at radius 3 is 2.93 bits per heavy atom. The summed E-state index contributed by atoms with van der Waals surface area (Å²) in [5.74, 6) is 0.135. The minimum absolute atomic E-state index is 0.289. The Hall–Kier alpha value is -3.19. The molecule has 27 heavy (non-hydrogen) atoms. The molecule has 1 amide bonds. The molecule has 8 heteroatoms. The fraction of sp³-hybridized carbons (Fsp3) is 0.158. The summed E-state index contributed by atoms with van der Waals surface area (Å²) in [6.07, 6.45) is 3.15. The Morgan fingerprint density at radius 1 is 1.30 bits per heavy atom. The van der Waals surface area contributed by atoms with Crippen LogP contribution in [0.2, 0.25) is 5.02 Å². The number of carbonyl (C=O) groups excluding carboxylic acids is 1. The van der Waals surface area contributed by atoms with Crippen molar-refractivity contribution < 1.29 is 4.79 Å². The summed E-state index contributed by atoms with van der Waals surface area (Å²) >= 11 is 5.81. The molecule has 0 saturated carbocycles. The fourth-order valence-electron chi connectivity index (χ4n) is 3.12. The Morgan fingerprint density at radius 2 is 2.15 bits per heavy atom. The average Bonchev–Trinajstić information content (AvgIpc) is 3.11. The molecule has 7 nitrogen and oxygen atoms in total. The highest BCUT2D eigenvalue weighted by atomic mass is 35.5. The number of amides is 1. The third kappa shape index (κ3) is 3.29. The van der Waals surface area contributed by atoms with E-state index in [2.05, 4.69) is 20.4 Å². The second-order valence-electron chi connectivity index (χ2n) is 6.54. The first kappa shape index (κ1) is 17.2. The second-order valence-corrected chi connectivity index (χ2v) is 6.98. The lowest BCUT2D eigenvalue weighted by molar-refractivity contribution is 0.102. The molecule has 0 saturated heterocycles. The van der Waals surface area contributed by atoms with Crippen molar-refractivity contribution in [2.75, 3.05) is 5.32 Å². The summed E-state index contributed by atoms with van der Waals surface area (Å²) in [5.41, 5.74) is 8.20. The number of aliphatic imine (C=N–C) groups is 1. The van der Waals surface area contributed by atoms with Crippen molar-refractivity contribution in [2.45, 2.75) is 19.0 Å². The molecule has 3 heterocycles. The van der Waals surface area contributed by atoms with Crippen LogP contribution in [-0.4, -0.2) is 26.5 Å². The number of nitrogens with zero attached hydrogens (tertiary/aromatic N) is 4. The maximum atomic E-state index is 12.4. The van der Waals surface area contributed by atoms with Gasteiger partial charge in [-0.1, -0.05) is 23.7 Å². The quantitative estimate of drug-likeness (QED) is 0.729. The largest absolute Gasteiger partial charge is 0.382 e. The zero-order chi connectivity index (χ0) is 19.0. The molecule has 1 atom stereocenters. The van der Waals surface area contributed by atoms with E-state index in [0.29, 0.717) is 23.1 Å². The van der Waals surface area contributed by atoms with Gasteiger partial charge in [0.05, 0.1) is 11.6 Å². The van der Waals surface area contributed by atoms with Gasteiger partial charge in [-0.05, 0) is 42.8 Å². The number of pyridine rings is 1. The predicted molar refractivity (Wildman–Crippen MR) is 104 cm³/mol. The fourth-order valence-corrected chi connectivity index (χ4v) is 3.23. The van der Waals surface area contributed by atoms with Gasteiger partial charge in [0.1, 0.15) is 22.8 Å². The number of amidine groups is 1. The van der Waals surface area contributed by atoms with E-state index < -0.39 is 5.54 Å². The summed E-state index contributed by atoms with van der Waals surface area (Å²) in [6, 6.07) is 12.6. The molecular formula is C19H17ClN6O. The Kier molecular flexibility index (Phi) is 4.16. The minimum atomic E-state index is -0.581. The van der Waals surface area contributed by atoms with Crippen molar-refractivity contribution >= 4 is 29.0 Å². The standard InChI is InChI=1S/C19H17ClN6O/c1-19(11-26-16(7-8-23-26)17(21)25-19)12-3-2-4-14(9-12)24-18(27)15-6-5-13(20)10-22-15/h2-10H,11H2,1H3,(H2,21,25)(H,24,27). The van der Waals surface area contributed by atoms with Crippen molar-refractivity contribution in [3.05, 3.63) is 76.8 Å². The number of hydrogen-bond acceptors (Lipinski definition) is 5. The molecule has 136 valence electrons. The number of halogens is 1. The average molecular weight is 381 g/mol. The van der Waals surface area contributed by atoms with Crippen LogP contribution in [0.15, 0.2) is 59.9 Å². The topological polar surface area (TPSA) is 98.2 Å². The first-order valence-electron chi connectivity index (χ1n) is 8.36. The third-order valence-electron chi connectivity index (χ3n) is 4.51. The first-order valence-corrected chi connectivity index (χ1v) is 8.73. The summed E-state index contributed by atoms with van der Waals surface area (Å²) in [4.78, 5) is 21.1. The highest BCUT2D eigenvalue weighted by Gasteiger charge is 2.32. The molecule has 0 aliphatic carbocycles. The molecule has 4 rings (SSSR count). The van der Waals surface area contributed by atoms with Crippen LogP contribution < -0.4 is 11.1 Å². The van der Waals surface area contributed by atoms with E-state index in [1.54, 1.807) is 18.3 Å². The Bertz CT molecular complexity index is 1040. The van der Waals surface area contributed by atoms with Crippen LogP contribution in [-0.2, 0) is 12.1 Å². The van der Waals surface area contributed by atoms with Crippen molar-refractivity contribution in [1.29, 1.82) is 0 Å². The molecule has 0 bridgehead atoms. The summed E-state index contributed by atoms with van der Waals surface area (Å²) in [5, 5.41) is 7.64. The van der Waals surface area contributed by atoms with Gasteiger partial charge in [-0.2, -0.15) is 5.10 Å². The van der Waals surface area contributed by atoms with Crippen LogP contribution in [0.5, 0.6) is 0 Å². The maximum absolute atomic E-state index is 12.4. The first-order chi connectivity index (χ1) is 12.9. The van der Waals surface area contributed by atoms with Crippen molar-refractivity contribution in [3.63, 3.8) is 0 Å². The Balaban J connectivity index is 1.60. The van der Waals surface area contributed by atoms with Crippen molar-refractivity contribution in [3.8, 4) is 0 Å². The molecule has 0 radical (unpaired) electrons. The van der Waals surface area contributed by atoms with Crippen LogP contribution in [0, 0.1) is 0 Å². The molecule has 1 aliphatic heterocycles. The molecule has 1 aliphatic rings. The monoisotopic (exact) mass is 380 g/mol.